The van der Waals surface area contributed by atoms with Gasteiger partial charge in [-0.15, -0.1) is 0 Å². The van der Waals surface area contributed by atoms with Crippen molar-refractivity contribution >= 4 is 31.9 Å². The molecule has 2 heterocycles. The van der Waals surface area contributed by atoms with Crippen LogP contribution in [0.5, 0.6) is 0 Å². The highest BCUT2D eigenvalue weighted by Crippen LogP contribution is 2.31. The summed E-state index contributed by atoms with van der Waals surface area (Å²) in [6, 6.07) is 52.8. The molecule has 0 aromatic heterocycles. The zero-order valence-electron chi connectivity index (χ0n) is 42.8. The SMILES string of the molecule is O=C(NC(CCCc1ccccc1)CCCc1ccccc1)C1CCCCN1S(=O)(=O)c1ccc(-c2ccc(S(=O)(=O)N3CCCCC3C(=O)NC(CCCc3ccccc3)CCCc3ccccc3)cc2)cc1. The molecule has 2 aliphatic heterocycles. The molecular formula is C62H74N4O6S2. The first-order valence-electron chi connectivity index (χ1n) is 27.1. The third-order valence-electron chi connectivity index (χ3n) is 14.9. The predicted molar refractivity (Wildman–Crippen MR) is 296 cm³/mol. The predicted octanol–water partition coefficient (Wildman–Crippen LogP) is 11.5. The summed E-state index contributed by atoms with van der Waals surface area (Å²) in [6.07, 6.45) is 14.2. The highest BCUT2D eigenvalue weighted by molar-refractivity contribution is 7.89. The summed E-state index contributed by atoms with van der Waals surface area (Å²) in [5, 5.41) is 6.61. The van der Waals surface area contributed by atoms with Gasteiger partial charge in [-0.3, -0.25) is 9.59 Å². The van der Waals surface area contributed by atoms with Crippen LogP contribution in [0.15, 0.2) is 180 Å². The summed E-state index contributed by atoms with van der Waals surface area (Å²) in [7, 11) is -8.07. The lowest BCUT2D eigenvalue weighted by Gasteiger charge is -2.35. The van der Waals surface area contributed by atoms with Crippen LogP contribution in [0, 0.1) is 0 Å². The third kappa shape index (κ3) is 15.1. The van der Waals surface area contributed by atoms with Gasteiger partial charge in [0.15, 0.2) is 0 Å². The number of piperidine rings is 2. The first kappa shape index (κ1) is 54.3. The summed E-state index contributed by atoms with van der Waals surface area (Å²) in [6.45, 7) is 0.517. The van der Waals surface area contributed by atoms with E-state index < -0.39 is 32.1 Å². The molecule has 2 saturated heterocycles. The fraction of sp³-hybridized carbons (Fsp3) is 0.387. The Labute approximate surface area is 441 Å². The number of sulfonamides is 2. The summed E-state index contributed by atoms with van der Waals surface area (Å²) < 4.78 is 60.3. The molecule has 0 aliphatic carbocycles. The molecule has 10 nitrogen and oxygen atoms in total. The van der Waals surface area contributed by atoms with Gasteiger partial charge in [0.05, 0.1) is 9.79 Å². The van der Waals surface area contributed by atoms with E-state index in [0.717, 1.165) is 101 Å². The highest BCUT2D eigenvalue weighted by atomic mass is 32.2. The summed E-state index contributed by atoms with van der Waals surface area (Å²) in [5.74, 6) is -0.483. The topological polar surface area (TPSA) is 133 Å². The molecule has 0 radical (unpaired) electrons. The lowest BCUT2D eigenvalue weighted by atomic mass is 9.98. The second-order valence-corrected chi connectivity index (χ2v) is 24.0. The van der Waals surface area contributed by atoms with E-state index in [4.69, 9.17) is 0 Å². The number of nitrogens with one attached hydrogen (secondary N) is 2. The number of amides is 2. The molecule has 74 heavy (non-hydrogen) atoms. The van der Waals surface area contributed by atoms with Crippen molar-refractivity contribution in [1.29, 1.82) is 0 Å². The molecule has 0 spiro atoms. The molecule has 2 atom stereocenters. The monoisotopic (exact) mass is 1030 g/mol. The number of hydrogen-bond acceptors (Lipinski definition) is 6. The van der Waals surface area contributed by atoms with Crippen LogP contribution >= 0.6 is 0 Å². The van der Waals surface area contributed by atoms with Gasteiger partial charge in [0.25, 0.3) is 0 Å². The van der Waals surface area contributed by atoms with E-state index in [2.05, 4.69) is 59.2 Å². The Balaban J connectivity index is 0.899. The van der Waals surface area contributed by atoms with Crippen molar-refractivity contribution < 1.29 is 26.4 Å². The molecule has 390 valence electrons. The Morgan fingerprint density at radius 2 is 0.689 bits per heavy atom. The Bertz CT molecular complexity index is 2600. The largest absolute Gasteiger partial charge is 0.352 e. The molecule has 2 unspecified atom stereocenters. The zero-order valence-corrected chi connectivity index (χ0v) is 44.4. The molecule has 2 amide bonds. The van der Waals surface area contributed by atoms with Crippen LogP contribution in [0.1, 0.15) is 112 Å². The first-order valence-corrected chi connectivity index (χ1v) is 29.9. The normalized spacial score (nSPS) is 16.8. The molecule has 12 heteroatoms. The summed E-state index contributed by atoms with van der Waals surface area (Å²) in [5.41, 5.74) is 6.46. The highest BCUT2D eigenvalue weighted by Gasteiger charge is 2.40. The van der Waals surface area contributed by atoms with Gasteiger partial charge >= 0.3 is 0 Å². The zero-order chi connectivity index (χ0) is 51.6. The maximum atomic E-state index is 14.4. The lowest BCUT2D eigenvalue weighted by Crippen LogP contribution is -2.53. The van der Waals surface area contributed by atoms with Crippen molar-refractivity contribution in [3.05, 3.63) is 192 Å². The maximum Gasteiger partial charge on any atom is 0.243 e. The van der Waals surface area contributed by atoms with E-state index >= 15 is 0 Å². The molecule has 2 N–H and O–H groups in total. The van der Waals surface area contributed by atoms with Gasteiger partial charge in [-0.2, -0.15) is 8.61 Å². The number of carbonyl (C=O) groups excluding carboxylic acids is 2. The fourth-order valence-electron chi connectivity index (χ4n) is 10.8. The Morgan fingerprint density at radius 3 is 0.973 bits per heavy atom. The van der Waals surface area contributed by atoms with Crippen molar-refractivity contribution in [2.75, 3.05) is 13.1 Å². The van der Waals surface area contributed by atoms with Crippen molar-refractivity contribution in [2.45, 2.75) is 150 Å². The van der Waals surface area contributed by atoms with Crippen LogP contribution in [0.25, 0.3) is 11.1 Å². The van der Waals surface area contributed by atoms with E-state index in [-0.39, 0.29) is 46.8 Å². The Kier molecular flexibility index (Phi) is 19.9. The molecule has 8 rings (SSSR count). The van der Waals surface area contributed by atoms with Crippen LogP contribution in [0.3, 0.4) is 0 Å². The smallest absolute Gasteiger partial charge is 0.243 e. The minimum atomic E-state index is -4.03. The lowest BCUT2D eigenvalue weighted by molar-refractivity contribution is -0.127. The van der Waals surface area contributed by atoms with Crippen molar-refractivity contribution in [3.8, 4) is 11.1 Å². The molecule has 6 aromatic carbocycles. The van der Waals surface area contributed by atoms with Gasteiger partial charge in [-0.25, -0.2) is 16.8 Å². The van der Waals surface area contributed by atoms with Crippen LogP contribution in [0.4, 0.5) is 0 Å². The van der Waals surface area contributed by atoms with Crippen LogP contribution in [-0.2, 0) is 55.3 Å². The number of rotatable bonds is 25. The van der Waals surface area contributed by atoms with Crippen molar-refractivity contribution in [3.63, 3.8) is 0 Å². The minimum Gasteiger partial charge on any atom is -0.352 e. The van der Waals surface area contributed by atoms with Crippen molar-refractivity contribution in [2.24, 2.45) is 0 Å². The standard InChI is InChI=1S/C62H74N4O6S2/c67-61(63-55(33-17-29-49-21-5-1-6-22-49)34-18-30-50-23-7-2-8-24-50)59-37-13-15-47-65(59)73(69,70)57-43-39-53(40-44-57)54-41-45-58(46-42-54)74(71,72)66-48-16-14-38-60(66)62(68)64-56(35-19-31-51-25-9-3-10-26-51)36-20-32-52-27-11-4-12-28-52/h1-12,21-28,39-46,55-56,59-60H,13-20,29-38,47-48H2,(H,63,67)(H,64,68). The fourth-order valence-corrected chi connectivity index (χ4v) is 14.1. The Hall–Kier alpha value is -5.92. The van der Waals surface area contributed by atoms with Crippen molar-refractivity contribution in [1.82, 2.24) is 19.2 Å². The molecule has 0 saturated carbocycles. The summed E-state index contributed by atoms with van der Waals surface area (Å²) in [4.78, 5) is 28.5. The van der Waals surface area contributed by atoms with Gasteiger partial charge < -0.3 is 10.6 Å². The second-order valence-electron chi connectivity index (χ2n) is 20.2. The van der Waals surface area contributed by atoms with Gasteiger partial charge in [-0.05, 0) is 160 Å². The quantitative estimate of drug-likeness (QED) is 0.0587. The molecule has 0 bridgehead atoms. The van der Waals surface area contributed by atoms with E-state index in [1.165, 1.54) is 30.9 Å². The molecule has 2 fully saturated rings. The second kappa shape index (κ2) is 27.0. The van der Waals surface area contributed by atoms with Gasteiger partial charge in [0.1, 0.15) is 12.1 Å². The van der Waals surface area contributed by atoms with Crippen LogP contribution in [-0.4, -0.2) is 74.5 Å². The van der Waals surface area contributed by atoms with E-state index in [0.29, 0.717) is 25.7 Å². The average Bonchev–Trinajstić information content (AvgIpc) is 3.44. The number of carbonyl (C=O) groups is 2. The molecular weight excluding hydrogens is 961 g/mol. The Morgan fingerprint density at radius 1 is 0.405 bits per heavy atom. The first-order chi connectivity index (χ1) is 36.0. The number of aryl methyl sites for hydroxylation is 4. The minimum absolute atomic E-state index is 0.0818. The van der Waals surface area contributed by atoms with Gasteiger partial charge in [-0.1, -0.05) is 158 Å². The number of benzene rings is 6. The van der Waals surface area contributed by atoms with E-state index in [1.54, 1.807) is 48.5 Å². The number of nitrogens with zero attached hydrogens (tertiary/aromatic N) is 2. The number of hydrogen-bond donors (Lipinski definition) is 2. The van der Waals surface area contributed by atoms with E-state index in [1.807, 2.05) is 72.8 Å². The maximum absolute atomic E-state index is 14.4. The van der Waals surface area contributed by atoms with E-state index in [9.17, 15) is 26.4 Å². The van der Waals surface area contributed by atoms with Gasteiger partial charge in [0.2, 0.25) is 31.9 Å². The molecule has 6 aromatic rings. The van der Waals surface area contributed by atoms with Crippen LogP contribution in [0.2, 0.25) is 0 Å². The van der Waals surface area contributed by atoms with Gasteiger partial charge in [0, 0.05) is 25.2 Å². The summed E-state index contributed by atoms with van der Waals surface area (Å²) >= 11 is 0. The third-order valence-corrected chi connectivity index (χ3v) is 18.7. The average molecular weight is 1040 g/mol. The molecule has 2 aliphatic rings. The van der Waals surface area contributed by atoms with Crippen LogP contribution < -0.4 is 10.6 Å².